The van der Waals surface area contributed by atoms with Gasteiger partial charge < -0.3 is 20.4 Å². The molecule has 0 aromatic heterocycles. The van der Waals surface area contributed by atoms with E-state index in [1.165, 1.54) is 6.92 Å². The van der Waals surface area contributed by atoms with Gasteiger partial charge in [0.25, 0.3) is 0 Å². The van der Waals surface area contributed by atoms with Crippen molar-refractivity contribution < 1.29 is 25.2 Å². The van der Waals surface area contributed by atoms with E-state index in [0.29, 0.717) is 0 Å². The molecular formula is C6H14O5. The van der Waals surface area contributed by atoms with Crippen molar-refractivity contribution in [3.05, 3.63) is 0 Å². The zero-order chi connectivity index (χ0) is 9.28. The van der Waals surface area contributed by atoms with Crippen LogP contribution in [-0.4, -0.2) is 52.1 Å². The van der Waals surface area contributed by atoms with Gasteiger partial charge in [-0.25, -0.2) is 0 Å². The second-order valence-electron chi connectivity index (χ2n) is 1.88. The molecule has 0 unspecified atom stereocenters. The SMILES string of the molecule is CC(=O)CO.OCC(O)CO. The lowest BCUT2D eigenvalue weighted by molar-refractivity contribution is -0.119. The molecule has 0 saturated heterocycles. The molecule has 0 aromatic rings. The molecule has 0 rings (SSSR count). The molecule has 0 bridgehead atoms. The minimum atomic E-state index is -0.954. The van der Waals surface area contributed by atoms with E-state index in [0.717, 1.165) is 0 Å². The third kappa shape index (κ3) is 17.7. The third-order valence-corrected chi connectivity index (χ3v) is 0.644. The van der Waals surface area contributed by atoms with Crippen molar-refractivity contribution in [2.75, 3.05) is 19.8 Å². The summed E-state index contributed by atoms with van der Waals surface area (Å²) in [6.07, 6.45) is -0.954. The lowest BCUT2D eigenvalue weighted by Gasteiger charge is -1.96. The molecule has 0 saturated carbocycles. The molecule has 5 nitrogen and oxygen atoms in total. The van der Waals surface area contributed by atoms with E-state index in [2.05, 4.69) is 0 Å². The van der Waals surface area contributed by atoms with E-state index >= 15 is 0 Å². The zero-order valence-corrected chi connectivity index (χ0v) is 6.40. The quantitative estimate of drug-likeness (QED) is 0.385. The molecule has 11 heavy (non-hydrogen) atoms. The summed E-state index contributed by atoms with van der Waals surface area (Å²) in [6, 6.07) is 0. The first kappa shape index (κ1) is 13.1. The fourth-order valence-corrected chi connectivity index (χ4v) is 0.0577. The van der Waals surface area contributed by atoms with Crippen LogP contribution < -0.4 is 0 Å². The van der Waals surface area contributed by atoms with Crippen molar-refractivity contribution in [2.45, 2.75) is 13.0 Å². The van der Waals surface area contributed by atoms with Crippen LogP contribution in [0.5, 0.6) is 0 Å². The van der Waals surface area contributed by atoms with Crippen LogP contribution in [0.2, 0.25) is 0 Å². The summed E-state index contributed by atoms with van der Waals surface area (Å²) in [5, 5.41) is 31.8. The van der Waals surface area contributed by atoms with Crippen LogP contribution in [0.1, 0.15) is 6.92 Å². The van der Waals surface area contributed by atoms with Gasteiger partial charge in [0.2, 0.25) is 0 Å². The first-order valence-corrected chi connectivity index (χ1v) is 3.08. The highest BCUT2D eigenvalue weighted by molar-refractivity contribution is 5.76. The van der Waals surface area contributed by atoms with E-state index in [9.17, 15) is 4.79 Å². The van der Waals surface area contributed by atoms with E-state index < -0.39 is 6.10 Å². The number of Topliss-reactive ketones (excluding diaryl/α,β-unsaturated/α-hetero) is 1. The Morgan fingerprint density at radius 3 is 1.55 bits per heavy atom. The highest BCUT2D eigenvalue weighted by atomic mass is 16.3. The van der Waals surface area contributed by atoms with Gasteiger partial charge in [0, 0.05) is 0 Å². The molecule has 0 spiro atoms. The number of aliphatic hydroxyl groups is 4. The molecule has 0 radical (unpaired) electrons. The smallest absolute Gasteiger partial charge is 0.155 e. The van der Waals surface area contributed by atoms with Gasteiger partial charge in [0.15, 0.2) is 5.78 Å². The Hall–Kier alpha value is -0.490. The van der Waals surface area contributed by atoms with E-state index in [1.807, 2.05) is 0 Å². The maximum Gasteiger partial charge on any atom is 0.155 e. The first-order chi connectivity index (χ1) is 5.08. The highest BCUT2D eigenvalue weighted by Crippen LogP contribution is 1.71. The van der Waals surface area contributed by atoms with E-state index in [4.69, 9.17) is 20.4 Å². The summed E-state index contributed by atoms with van der Waals surface area (Å²) >= 11 is 0. The van der Waals surface area contributed by atoms with Crippen molar-refractivity contribution in [3.8, 4) is 0 Å². The number of carbonyl (C=O) groups is 1. The lowest BCUT2D eigenvalue weighted by Crippen LogP contribution is -2.15. The van der Waals surface area contributed by atoms with Crippen LogP contribution in [0.15, 0.2) is 0 Å². The molecule has 4 N–H and O–H groups in total. The molecule has 0 amide bonds. The van der Waals surface area contributed by atoms with Crippen LogP contribution >= 0.6 is 0 Å². The first-order valence-electron chi connectivity index (χ1n) is 3.08. The molecule has 5 heteroatoms. The number of carbonyl (C=O) groups excluding carboxylic acids is 1. The van der Waals surface area contributed by atoms with Crippen LogP contribution in [-0.2, 0) is 4.79 Å². The number of aliphatic hydroxyl groups excluding tert-OH is 4. The van der Waals surface area contributed by atoms with Gasteiger partial charge >= 0.3 is 0 Å². The minimum absolute atomic E-state index is 0.190. The van der Waals surface area contributed by atoms with Crippen molar-refractivity contribution in [1.29, 1.82) is 0 Å². The van der Waals surface area contributed by atoms with Crippen molar-refractivity contribution in [2.24, 2.45) is 0 Å². The minimum Gasteiger partial charge on any atom is -0.394 e. The van der Waals surface area contributed by atoms with Gasteiger partial charge in [0.05, 0.1) is 13.2 Å². The van der Waals surface area contributed by atoms with Crippen molar-refractivity contribution in [3.63, 3.8) is 0 Å². The normalized spacial score (nSPS) is 8.91. The predicted octanol–water partition coefficient (Wildman–Crippen LogP) is -2.10. The highest BCUT2D eigenvalue weighted by Gasteiger charge is 1.93. The molecule has 0 aliphatic carbocycles. The molecule has 0 fully saturated rings. The molecule has 0 aliphatic rings. The summed E-state index contributed by atoms with van der Waals surface area (Å²) < 4.78 is 0. The van der Waals surface area contributed by atoms with Crippen molar-refractivity contribution in [1.82, 2.24) is 0 Å². The Kier molecular flexibility index (Phi) is 11.3. The maximum atomic E-state index is 9.56. The molecule has 0 aromatic carbocycles. The molecule has 0 heterocycles. The van der Waals surface area contributed by atoms with Crippen LogP contribution in [0.25, 0.3) is 0 Å². The third-order valence-electron chi connectivity index (χ3n) is 0.644. The van der Waals surface area contributed by atoms with Crippen molar-refractivity contribution >= 4 is 5.78 Å². The maximum absolute atomic E-state index is 9.56. The Morgan fingerprint density at radius 2 is 1.55 bits per heavy atom. The number of hydrogen-bond donors (Lipinski definition) is 4. The summed E-state index contributed by atoms with van der Waals surface area (Å²) in [7, 11) is 0. The average Bonchev–Trinajstić information content (AvgIpc) is 2.04. The van der Waals surface area contributed by atoms with Gasteiger partial charge in [-0.2, -0.15) is 0 Å². The van der Waals surface area contributed by atoms with Gasteiger partial charge in [-0.3, -0.25) is 4.79 Å². The fourth-order valence-electron chi connectivity index (χ4n) is 0.0577. The molecular weight excluding hydrogens is 152 g/mol. The largest absolute Gasteiger partial charge is 0.394 e. The number of ketones is 1. The fraction of sp³-hybridized carbons (Fsp3) is 0.833. The van der Waals surface area contributed by atoms with Gasteiger partial charge in [0.1, 0.15) is 12.7 Å². The average molecular weight is 166 g/mol. The van der Waals surface area contributed by atoms with Gasteiger partial charge in [-0.05, 0) is 6.92 Å². The second kappa shape index (κ2) is 9.51. The zero-order valence-electron chi connectivity index (χ0n) is 6.40. The topological polar surface area (TPSA) is 98.0 Å². The van der Waals surface area contributed by atoms with Gasteiger partial charge in [-0.1, -0.05) is 0 Å². The lowest BCUT2D eigenvalue weighted by atomic mass is 10.4. The Bertz CT molecular complexity index is 89.0. The second-order valence-corrected chi connectivity index (χ2v) is 1.88. The Labute approximate surface area is 64.9 Å². The number of rotatable bonds is 3. The monoisotopic (exact) mass is 166 g/mol. The van der Waals surface area contributed by atoms with Crippen LogP contribution in [0.3, 0.4) is 0 Å². The summed E-state index contributed by atoms with van der Waals surface area (Å²) in [5.74, 6) is -0.190. The molecule has 68 valence electrons. The van der Waals surface area contributed by atoms with Crippen LogP contribution in [0.4, 0.5) is 0 Å². The van der Waals surface area contributed by atoms with E-state index in [1.54, 1.807) is 0 Å². The Balaban J connectivity index is 0. The standard InChI is InChI=1S/C3H8O3.C3H6O2/c4-1-3(6)2-5;1-3(5)2-4/h3-6H,1-2H2;4H,2H2,1H3. The summed E-state index contributed by atoms with van der Waals surface area (Å²) in [5.41, 5.74) is 0. The molecule has 0 aliphatic heterocycles. The Morgan fingerprint density at radius 1 is 1.27 bits per heavy atom. The predicted molar refractivity (Wildman–Crippen MR) is 37.9 cm³/mol. The summed E-state index contributed by atoms with van der Waals surface area (Å²) in [6.45, 7) is 0.271. The molecule has 0 atom stereocenters. The van der Waals surface area contributed by atoms with Gasteiger partial charge in [-0.15, -0.1) is 0 Å². The number of hydrogen-bond acceptors (Lipinski definition) is 5. The van der Waals surface area contributed by atoms with Crippen LogP contribution in [0, 0.1) is 0 Å². The summed E-state index contributed by atoms with van der Waals surface area (Å²) in [4.78, 5) is 9.56. The van der Waals surface area contributed by atoms with E-state index in [-0.39, 0.29) is 25.6 Å².